The van der Waals surface area contributed by atoms with E-state index in [1.54, 1.807) is 10.9 Å². The number of aliphatic hydroxyl groups is 1. The summed E-state index contributed by atoms with van der Waals surface area (Å²) in [5.41, 5.74) is -2.21. The first-order valence-corrected chi connectivity index (χ1v) is 14.2. The monoisotopic (exact) mass is 665 g/mol. The van der Waals surface area contributed by atoms with Crippen LogP contribution in [-0.4, -0.2) is 58.1 Å². The van der Waals surface area contributed by atoms with Crippen LogP contribution in [0.2, 0.25) is 5.02 Å². The molecule has 1 saturated carbocycles. The molecule has 2 atom stereocenters. The molecule has 1 fully saturated rings. The van der Waals surface area contributed by atoms with Crippen molar-refractivity contribution in [1.29, 1.82) is 0 Å². The van der Waals surface area contributed by atoms with E-state index >= 15 is 4.39 Å². The third-order valence-corrected chi connectivity index (χ3v) is 8.56. The summed E-state index contributed by atoms with van der Waals surface area (Å²) >= 11 is 5.84. The number of methoxy groups -OCH3 is 1. The number of halogens is 6. The van der Waals surface area contributed by atoms with Crippen molar-refractivity contribution in [2.45, 2.75) is 43.0 Å². The van der Waals surface area contributed by atoms with Crippen LogP contribution in [0, 0.1) is 11.6 Å². The molecule has 46 heavy (non-hydrogen) atoms. The predicted molar refractivity (Wildman–Crippen MR) is 153 cm³/mol. The van der Waals surface area contributed by atoms with Crippen molar-refractivity contribution in [3.63, 3.8) is 0 Å². The van der Waals surface area contributed by atoms with Crippen LogP contribution in [0.15, 0.2) is 36.5 Å². The van der Waals surface area contributed by atoms with E-state index in [-0.39, 0.29) is 28.7 Å². The standard InChI is InChI=1S/C30H25ClF5N5O5/c1-28(27(37)43)12-46-25-17(28)8-22(39-24(25)16-7-18(31)20(33)9-19(16)32)29(44,30(34,35)36)11-38-26(42)13-5-14-10-41(15-3-4-15)40-23(14)21(6-13)45-2/h5-10,15,44H,3-4,11-12H2,1-2H3,(H2,37,43)(H,38,42)/t28-,29?/m0/s1. The highest BCUT2D eigenvalue weighted by molar-refractivity contribution is 6.31. The minimum Gasteiger partial charge on any atom is -0.494 e. The lowest BCUT2D eigenvalue weighted by Crippen LogP contribution is -2.51. The molecule has 16 heteroatoms. The van der Waals surface area contributed by atoms with Gasteiger partial charge in [0, 0.05) is 34.3 Å². The Morgan fingerprint density at radius 3 is 2.54 bits per heavy atom. The zero-order chi connectivity index (χ0) is 33.3. The predicted octanol–water partition coefficient (Wildman–Crippen LogP) is 4.69. The van der Waals surface area contributed by atoms with E-state index in [4.69, 9.17) is 26.8 Å². The number of pyridine rings is 1. The van der Waals surface area contributed by atoms with Gasteiger partial charge < -0.3 is 25.6 Å². The summed E-state index contributed by atoms with van der Waals surface area (Å²) in [5.74, 6) is -4.50. The highest BCUT2D eigenvalue weighted by Gasteiger charge is 2.58. The summed E-state index contributed by atoms with van der Waals surface area (Å²) in [6.45, 7) is -0.621. The third-order valence-electron chi connectivity index (χ3n) is 8.27. The Hall–Kier alpha value is -4.50. The summed E-state index contributed by atoms with van der Waals surface area (Å²) in [7, 11) is 1.35. The molecule has 1 aliphatic heterocycles. The zero-order valence-corrected chi connectivity index (χ0v) is 24.9. The molecule has 2 amide bonds. The molecule has 1 unspecified atom stereocenters. The Morgan fingerprint density at radius 2 is 1.91 bits per heavy atom. The van der Waals surface area contributed by atoms with E-state index in [0.717, 1.165) is 25.0 Å². The van der Waals surface area contributed by atoms with Crippen molar-refractivity contribution < 1.29 is 46.1 Å². The highest BCUT2D eigenvalue weighted by atomic mass is 35.5. The number of nitrogens with zero attached hydrogens (tertiary/aromatic N) is 3. The van der Waals surface area contributed by atoms with Gasteiger partial charge in [-0.15, -0.1) is 0 Å². The highest BCUT2D eigenvalue weighted by Crippen LogP contribution is 2.48. The van der Waals surface area contributed by atoms with Gasteiger partial charge in [-0.2, -0.15) is 18.3 Å². The van der Waals surface area contributed by atoms with Crippen LogP contribution in [0.5, 0.6) is 11.5 Å². The first kappa shape index (κ1) is 31.5. The number of hydrogen-bond donors (Lipinski definition) is 3. The summed E-state index contributed by atoms with van der Waals surface area (Å²) in [6, 6.07) is 4.88. The van der Waals surface area contributed by atoms with Crippen molar-refractivity contribution in [3.05, 3.63) is 70.0 Å². The maximum Gasteiger partial charge on any atom is 0.424 e. The van der Waals surface area contributed by atoms with Gasteiger partial charge in [0.15, 0.2) is 0 Å². The summed E-state index contributed by atoms with van der Waals surface area (Å²) in [4.78, 5) is 29.6. The molecule has 242 valence electrons. The van der Waals surface area contributed by atoms with Crippen molar-refractivity contribution in [1.82, 2.24) is 20.1 Å². The normalized spacial score (nSPS) is 19.0. The number of carbonyl (C=O) groups is 2. The van der Waals surface area contributed by atoms with Crippen LogP contribution in [0.1, 0.15) is 47.4 Å². The van der Waals surface area contributed by atoms with Crippen LogP contribution in [0.3, 0.4) is 0 Å². The van der Waals surface area contributed by atoms with Crippen LogP contribution in [0.4, 0.5) is 22.0 Å². The zero-order valence-electron chi connectivity index (χ0n) is 24.1. The molecule has 2 aromatic carbocycles. The number of rotatable bonds is 8. The Kier molecular flexibility index (Phi) is 7.39. The van der Waals surface area contributed by atoms with Gasteiger partial charge in [-0.3, -0.25) is 14.3 Å². The molecule has 4 N–H and O–H groups in total. The number of aromatic nitrogens is 3. The molecular formula is C30H25ClF5N5O5. The average molecular weight is 666 g/mol. The van der Waals surface area contributed by atoms with Crippen molar-refractivity contribution >= 4 is 34.3 Å². The summed E-state index contributed by atoms with van der Waals surface area (Å²) < 4.78 is 85.9. The lowest BCUT2D eigenvalue weighted by atomic mass is 9.81. The van der Waals surface area contributed by atoms with Crippen molar-refractivity contribution in [2.24, 2.45) is 5.73 Å². The number of alkyl halides is 3. The van der Waals surface area contributed by atoms with Crippen LogP contribution in [0.25, 0.3) is 22.2 Å². The first-order valence-electron chi connectivity index (χ1n) is 13.8. The lowest BCUT2D eigenvalue weighted by molar-refractivity contribution is -0.265. The number of fused-ring (bicyclic) bond motifs is 2. The number of amides is 2. The Balaban J connectivity index is 1.43. The topological polar surface area (TPSA) is 142 Å². The van der Waals surface area contributed by atoms with E-state index < -0.39 is 75.8 Å². The fraction of sp³-hybridized carbons (Fsp3) is 0.333. The average Bonchev–Trinajstić information content (AvgIpc) is 3.67. The second kappa shape index (κ2) is 10.8. The van der Waals surface area contributed by atoms with Gasteiger partial charge in [0.05, 0.1) is 30.4 Å². The fourth-order valence-corrected chi connectivity index (χ4v) is 5.43. The Labute approximate surface area is 262 Å². The van der Waals surface area contributed by atoms with E-state index in [0.29, 0.717) is 17.0 Å². The second-order valence-corrected chi connectivity index (χ2v) is 11.9. The van der Waals surface area contributed by atoms with Crippen molar-refractivity contribution in [2.75, 3.05) is 20.3 Å². The number of nitrogens with one attached hydrogen (secondary N) is 1. The number of ether oxygens (including phenoxy) is 2. The molecule has 6 rings (SSSR count). The first-order chi connectivity index (χ1) is 21.6. The quantitative estimate of drug-likeness (QED) is 0.183. The minimum atomic E-state index is -5.48. The van der Waals surface area contributed by atoms with Gasteiger partial charge in [0.2, 0.25) is 11.5 Å². The number of primary amides is 1. The largest absolute Gasteiger partial charge is 0.494 e. The van der Waals surface area contributed by atoms with Crippen LogP contribution in [-0.2, 0) is 15.8 Å². The maximum absolute atomic E-state index is 15.0. The van der Waals surface area contributed by atoms with E-state index in [1.807, 2.05) is 0 Å². The van der Waals surface area contributed by atoms with Crippen LogP contribution < -0.4 is 20.5 Å². The molecule has 0 saturated heterocycles. The van der Waals surface area contributed by atoms with Gasteiger partial charge >= 0.3 is 6.18 Å². The van der Waals surface area contributed by atoms with Crippen molar-refractivity contribution in [3.8, 4) is 22.8 Å². The lowest BCUT2D eigenvalue weighted by Gasteiger charge is -2.31. The molecule has 10 nitrogen and oxygen atoms in total. The number of carbonyl (C=O) groups excluding carboxylic acids is 2. The smallest absolute Gasteiger partial charge is 0.424 e. The summed E-state index contributed by atoms with van der Waals surface area (Å²) in [6.07, 6.45) is -1.91. The molecule has 2 aliphatic rings. The maximum atomic E-state index is 15.0. The molecular weight excluding hydrogens is 641 g/mol. The second-order valence-electron chi connectivity index (χ2n) is 11.5. The van der Waals surface area contributed by atoms with E-state index in [2.05, 4.69) is 15.4 Å². The third kappa shape index (κ3) is 5.07. The Bertz CT molecular complexity index is 1930. The van der Waals surface area contributed by atoms with Gasteiger partial charge in [-0.25, -0.2) is 13.8 Å². The van der Waals surface area contributed by atoms with Gasteiger partial charge in [-0.1, -0.05) is 11.6 Å². The number of hydrogen-bond acceptors (Lipinski definition) is 7. The molecule has 2 aromatic heterocycles. The minimum absolute atomic E-state index is 0.0791. The van der Waals surface area contributed by atoms with Crippen LogP contribution >= 0.6 is 11.6 Å². The SMILES string of the molecule is COc1cc(C(=O)NCC(O)(c2cc3c(c(-c4cc(Cl)c(F)cc4F)n2)OC[C@]3(C)C(N)=O)C(F)(F)F)cc2cn(C3CC3)nc12. The molecule has 0 radical (unpaired) electrons. The molecule has 4 aromatic rings. The van der Waals surface area contributed by atoms with E-state index in [9.17, 15) is 32.3 Å². The molecule has 1 aliphatic carbocycles. The van der Waals surface area contributed by atoms with Gasteiger partial charge in [-0.05, 0) is 44.0 Å². The van der Waals surface area contributed by atoms with E-state index in [1.165, 1.54) is 26.2 Å². The Morgan fingerprint density at radius 1 is 1.20 bits per heavy atom. The number of benzene rings is 2. The molecule has 3 heterocycles. The molecule has 0 spiro atoms. The molecule has 0 bridgehead atoms. The summed E-state index contributed by atoms with van der Waals surface area (Å²) in [5, 5.41) is 17.8. The van der Waals surface area contributed by atoms with Gasteiger partial charge in [0.1, 0.15) is 46.4 Å². The number of nitrogens with two attached hydrogens (primary N) is 1. The fourth-order valence-electron chi connectivity index (χ4n) is 5.27. The van der Waals surface area contributed by atoms with Gasteiger partial charge in [0.25, 0.3) is 5.91 Å².